The highest BCUT2D eigenvalue weighted by atomic mass is 16.5. The van der Waals surface area contributed by atoms with Crippen LogP contribution >= 0.6 is 0 Å². The highest BCUT2D eigenvalue weighted by molar-refractivity contribution is 6.08. The van der Waals surface area contributed by atoms with Crippen LogP contribution in [-0.2, 0) is 4.79 Å². The number of ether oxygens (including phenoxy) is 1. The van der Waals surface area contributed by atoms with Gasteiger partial charge in [0, 0.05) is 5.69 Å². The number of aryl methyl sites for hydroxylation is 2. The van der Waals surface area contributed by atoms with E-state index in [1.807, 2.05) is 44.2 Å². The number of aliphatic carboxylic acids is 1. The molecule has 8 heteroatoms. The van der Waals surface area contributed by atoms with E-state index in [0.29, 0.717) is 17.3 Å². The fourth-order valence-electron chi connectivity index (χ4n) is 3.44. The summed E-state index contributed by atoms with van der Waals surface area (Å²) in [6.45, 7) is 3.97. The van der Waals surface area contributed by atoms with Crippen LogP contribution in [0.3, 0.4) is 0 Å². The fourth-order valence-corrected chi connectivity index (χ4v) is 3.44. The van der Waals surface area contributed by atoms with Crippen LogP contribution in [0.2, 0.25) is 0 Å². The van der Waals surface area contributed by atoms with Gasteiger partial charge in [0.1, 0.15) is 22.8 Å². The fraction of sp³-hybridized carbons (Fsp3) is 0.174. The monoisotopic (exact) mass is 418 g/mol. The van der Waals surface area contributed by atoms with Crippen LogP contribution in [0.5, 0.6) is 5.75 Å². The number of hydrogen-bond donors (Lipinski definition) is 3. The third-order valence-electron chi connectivity index (χ3n) is 5.33. The number of fused-ring (bicyclic) bond motifs is 1. The van der Waals surface area contributed by atoms with Crippen LogP contribution in [0.4, 0.5) is 11.5 Å². The van der Waals surface area contributed by atoms with Gasteiger partial charge >= 0.3 is 5.97 Å². The molecule has 0 fully saturated rings. The summed E-state index contributed by atoms with van der Waals surface area (Å²) in [5.41, 5.74) is 3.89. The second kappa shape index (κ2) is 7.98. The molecule has 0 radical (unpaired) electrons. The number of hydrogen-bond acceptors (Lipinski definition) is 5. The van der Waals surface area contributed by atoms with Gasteiger partial charge in [0.25, 0.3) is 5.91 Å². The van der Waals surface area contributed by atoms with Crippen molar-refractivity contribution in [3.63, 3.8) is 0 Å². The highest BCUT2D eigenvalue weighted by Gasteiger charge is 2.29. The van der Waals surface area contributed by atoms with Crippen LogP contribution in [0.1, 0.15) is 33.1 Å². The minimum Gasteiger partial charge on any atom is -0.497 e. The van der Waals surface area contributed by atoms with Gasteiger partial charge in [-0.15, -0.1) is 0 Å². The Morgan fingerprint density at radius 2 is 1.87 bits per heavy atom. The lowest BCUT2D eigenvalue weighted by Crippen LogP contribution is -2.25. The van der Waals surface area contributed by atoms with Crippen molar-refractivity contribution in [1.82, 2.24) is 9.78 Å². The van der Waals surface area contributed by atoms with E-state index < -0.39 is 12.0 Å². The maximum Gasteiger partial charge on any atom is 0.352 e. The van der Waals surface area contributed by atoms with Crippen LogP contribution in [0.15, 0.2) is 60.4 Å². The van der Waals surface area contributed by atoms with Gasteiger partial charge in [-0.1, -0.05) is 18.2 Å². The summed E-state index contributed by atoms with van der Waals surface area (Å²) in [4.78, 5) is 24.7. The average molecular weight is 418 g/mol. The van der Waals surface area contributed by atoms with Crippen molar-refractivity contribution >= 4 is 23.4 Å². The number of carbonyl (C=O) groups excluding carboxylic acids is 1. The Kier molecular flexibility index (Phi) is 5.21. The second-order valence-corrected chi connectivity index (χ2v) is 7.33. The SMILES string of the molecule is COc1ccc([C@@H]2C=C(C(=O)O)Nc3c(C(=O)Nc4ccc(C)c(C)c4)cnn32)cc1. The van der Waals surface area contributed by atoms with Gasteiger partial charge in [0.2, 0.25) is 0 Å². The standard InChI is InChI=1S/C23H22N4O4/c1-13-4-7-16(10-14(13)2)25-22(28)18-12-24-27-20(11-19(23(29)30)26-21(18)27)15-5-8-17(31-3)9-6-15/h4-12,20,26H,1-3H3,(H,25,28)(H,29,30)/t20-/m0/s1. The first-order chi connectivity index (χ1) is 14.9. The number of anilines is 2. The molecular weight excluding hydrogens is 396 g/mol. The van der Waals surface area contributed by atoms with Gasteiger partial charge in [-0.25, -0.2) is 9.48 Å². The van der Waals surface area contributed by atoms with E-state index in [1.165, 1.54) is 6.20 Å². The minimum absolute atomic E-state index is 0.0194. The molecule has 3 N–H and O–H groups in total. The molecule has 1 atom stereocenters. The molecule has 3 aromatic rings. The van der Waals surface area contributed by atoms with Crippen LogP contribution in [-0.4, -0.2) is 33.9 Å². The number of rotatable bonds is 5. The first kappa shape index (κ1) is 20.2. The minimum atomic E-state index is -1.12. The number of aromatic nitrogens is 2. The largest absolute Gasteiger partial charge is 0.497 e. The molecule has 0 unspecified atom stereocenters. The molecule has 0 spiro atoms. The van der Waals surface area contributed by atoms with Gasteiger partial charge in [0.05, 0.1) is 19.3 Å². The Bertz CT molecular complexity index is 1190. The van der Waals surface area contributed by atoms with Gasteiger partial charge in [-0.2, -0.15) is 5.10 Å². The van der Waals surface area contributed by atoms with Crippen molar-refractivity contribution in [2.45, 2.75) is 19.9 Å². The first-order valence-corrected chi connectivity index (χ1v) is 9.69. The number of allylic oxidation sites excluding steroid dienone is 1. The summed E-state index contributed by atoms with van der Waals surface area (Å²) >= 11 is 0. The third-order valence-corrected chi connectivity index (χ3v) is 5.33. The number of benzene rings is 2. The Morgan fingerprint density at radius 1 is 1.13 bits per heavy atom. The van der Waals surface area contributed by atoms with E-state index in [2.05, 4.69) is 15.7 Å². The predicted molar refractivity (Wildman–Crippen MR) is 117 cm³/mol. The van der Waals surface area contributed by atoms with Gasteiger partial charge in [-0.3, -0.25) is 4.79 Å². The van der Waals surface area contributed by atoms with Crippen molar-refractivity contribution in [2.24, 2.45) is 0 Å². The zero-order valence-electron chi connectivity index (χ0n) is 17.3. The molecule has 0 bridgehead atoms. The van der Waals surface area contributed by atoms with E-state index in [4.69, 9.17) is 4.74 Å². The number of carboxylic acid groups (broad SMARTS) is 1. The van der Waals surface area contributed by atoms with Gasteiger partial charge in [-0.05, 0) is 60.9 Å². The van der Waals surface area contributed by atoms with Crippen molar-refractivity contribution in [1.29, 1.82) is 0 Å². The quantitative estimate of drug-likeness (QED) is 0.583. The van der Waals surface area contributed by atoms with Crippen molar-refractivity contribution in [2.75, 3.05) is 17.7 Å². The maximum absolute atomic E-state index is 13.0. The number of carbonyl (C=O) groups is 2. The molecule has 1 amide bonds. The lowest BCUT2D eigenvalue weighted by molar-refractivity contribution is -0.132. The second-order valence-electron chi connectivity index (χ2n) is 7.33. The number of amides is 1. The molecule has 1 aromatic heterocycles. The third kappa shape index (κ3) is 3.87. The summed E-state index contributed by atoms with van der Waals surface area (Å²) in [7, 11) is 1.58. The normalized spacial score (nSPS) is 14.8. The molecular formula is C23H22N4O4. The highest BCUT2D eigenvalue weighted by Crippen LogP contribution is 2.33. The van der Waals surface area contributed by atoms with Gasteiger partial charge < -0.3 is 20.5 Å². The molecule has 0 saturated heterocycles. The summed E-state index contributed by atoms with van der Waals surface area (Å²) in [6, 6.07) is 12.4. The molecule has 2 heterocycles. The zero-order chi connectivity index (χ0) is 22.1. The summed E-state index contributed by atoms with van der Waals surface area (Å²) in [5, 5.41) is 19.6. The molecule has 8 nitrogen and oxygen atoms in total. The maximum atomic E-state index is 13.0. The molecule has 4 rings (SSSR count). The van der Waals surface area contributed by atoms with Crippen LogP contribution in [0.25, 0.3) is 0 Å². The molecule has 158 valence electrons. The number of carboxylic acids is 1. The molecule has 0 aliphatic carbocycles. The predicted octanol–water partition coefficient (Wildman–Crippen LogP) is 3.74. The first-order valence-electron chi connectivity index (χ1n) is 9.69. The Balaban J connectivity index is 1.69. The van der Waals surface area contributed by atoms with Crippen molar-refractivity contribution < 1.29 is 19.4 Å². The van der Waals surface area contributed by atoms with E-state index >= 15 is 0 Å². The van der Waals surface area contributed by atoms with Crippen molar-refractivity contribution in [3.05, 3.63) is 82.7 Å². The molecule has 2 aromatic carbocycles. The summed E-state index contributed by atoms with van der Waals surface area (Å²) in [6.07, 6.45) is 3.00. The molecule has 1 aliphatic heterocycles. The Labute approximate surface area is 179 Å². The number of methoxy groups -OCH3 is 1. The van der Waals surface area contributed by atoms with E-state index in [0.717, 1.165) is 16.7 Å². The van der Waals surface area contributed by atoms with Crippen LogP contribution < -0.4 is 15.4 Å². The molecule has 1 aliphatic rings. The smallest absolute Gasteiger partial charge is 0.352 e. The molecule has 0 saturated carbocycles. The van der Waals surface area contributed by atoms with E-state index in [9.17, 15) is 14.7 Å². The lowest BCUT2D eigenvalue weighted by atomic mass is 10.0. The van der Waals surface area contributed by atoms with E-state index in [-0.39, 0.29) is 17.2 Å². The number of nitrogens with one attached hydrogen (secondary N) is 2. The zero-order valence-corrected chi connectivity index (χ0v) is 17.3. The Morgan fingerprint density at radius 3 is 2.52 bits per heavy atom. The van der Waals surface area contributed by atoms with Crippen LogP contribution in [0, 0.1) is 13.8 Å². The lowest BCUT2D eigenvalue weighted by Gasteiger charge is -2.24. The molecule has 31 heavy (non-hydrogen) atoms. The summed E-state index contributed by atoms with van der Waals surface area (Å²) in [5.74, 6) is -0.486. The number of nitrogens with zero attached hydrogens (tertiary/aromatic N) is 2. The van der Waals surface area contributed by atoms with Gasteiger partial charge in [0.15, 0.2) is 0 Å². The van der Waals surface area contributed by atoms with E-state index in [1.54, 1.807) is 30.0 Å². The van der Waals surface area contributed by atoms with Crippen molar-refractivity contribution in [3.8, 4) is 5.75 Å². The average Bonchev–Trinajstić information content (AvgIpc) is 3.20. The summed E-state index contributed by atoms with van der Waals surface area (Å²) < 4.78 is 6.80. The Hall–Kier alpha value is -4.07. The topological polar surface area (TPSA) is 105 Å².